The topological polar surface area (TPSA) is 26.5 Å². The molecule has 3 heterocycles. The third-order valence-corrected chi connectivity index (χ3v) is 4.84. The maximum absolute atomic E-state index is 5.93. The summed E-state index contributed by atoms with van der Waals surface area (Å²) in [4.78, 5) is 6.89. The molecular weight excluding hydrogens is 316 g/mol. The molecule has 22 heavy (non-hydrogen) atoms. The molecule has 110 valence electrons. The van der Waals surface area contributed by atoms with Crippen molar-refractivity contribution in [1.29, 1.82) is 0 Å². The monoisotopic (exact) mass is 328 g/mol. The second-order valence-electron chi connectivity index (χ2n) is 5.09. The van der Waals surface area contributed by atoms with Crippen molar-refractivity contribution in [2.24, 2.45) is 5.16 Å². The van der Waals surface area contributed by atoms with Crippen molar-refractivity contribution in [2.45, 2.75) is 12.6 Å². The van der Waals surface area contributed by atoms with Gasteiger partial charge < -0.3 is 9.40 Å². The van der Waals surface area contributed by atoms with Crippen LogP contribution in [0.15, 0.2) is 65.3 Å². The fourth-order valence-corrected chi connectivity index (χ4v) is 3.49. The van der Waals surface area contributed by atoms with Crippen LogP contribution in [0.5, 0.6) is 0 Å². The SMILES string of the molecule is Clc1ccc(C2=NOC(n3cccc3-c3cccs3)C2)cc1. The molecule has 0 aliphatic carbocycles. The van der Waals surface area contributed by atoms with Gasteiger partial charge in [0.25, 0.3) is 0 Å². The summed E-state index contributed by atoms with van der Waals surface area (Å²) in [5.41, 5.74) is 3.16. The second-order valence-corrected chi connectivity index (χ2v) is 6.47. The van der Waals surface area contributed by atoms with Gasteiger partial charge in [0.05, 0.1) is 22.7 Å². The van der Waals surface area contributed by atoms with Gasteiger partial charge in [0.2, 0.25) is 6.23 Å². The molecule has 1 atom stereocenters. The van der Waals surface area contributed by atoms with E-state index in [0.29, 0.717) is 0 Å². The van der Waals surface area contributed by atoms with Crippen LogP contribution >= 0.6 is 22.9 Å². The predicted octanol–water partition coefficient (Wildman–Crippen LogP) is 5.19. The largest absolute Gasteiger partial charge is 0.369 e. The molecule has 0 radical (unpaired) electrons. The number of hydrogen-bond acceptors (Lipinski definition) is 3. The minimum atomic E-state index is -0.0993. The van der Waals surface area contributed by atoms with Crippen LogP contribution in [0.3, 0.4) is 0 Å². The Balaban J connectivity index is 1.58. The molecule has 0 saturated heterocycles. The molecule has 2 aromatic heterocycles. The van der Waals surface area contributed by atoms with E-state index in [-0.39, 0.29) is 6.23 Å². The van der Waals surface area contributed by atoms with E-state index in [0.717, 1.165) is 28.4 Å². The number of thiophene rings is 1. The van der Waals surface area contributed by atoms with Crippen molar-refractivity contribution >= 4 is 28.6 Å². The van der Waals surface area contributed by atoms with E-state index in [4.69, 9.17) is 16.4 Å². The average molecular weight is 329 g/mol. The summed E-state index contributed by atoms with van der Waals surface area (Å²) in [5.74, 6) is 0. The summed E-state index contributed by atoms with van der Waals surface area (Å²) >= 11 is 7.66. The Morgan fingerprint density at radius 1 is 1.14 bits per heavy atom. The van der Waals surface area contributed by atoms with Crippen LogP contribution in [0, 0.1) is 0 Å². The van der Waals surface area contributed by atoms with Gasteiger partial charge >= 0.3 is 0 Å². The number of hydrogen-bond donors (Lipinski definition) is 0. The first-order valence-corrected chi connectivity index (χ1v) is 8.26. The van der Waals surface area contributed by atoms with Crippen molar-refractivity contribution in [2.75, 3.05) is 0 Å². The van der Waals surface area contributed by atoms with Crippen LogP contribution in [0.1, 0.15) is 18.2 Å². The van der Waals surface area contributed by atoms with Gasteiger partial charge in [0.15, 0.2) is 0 Å². The Kier molecular flexibility index (Phi) is 3.48. The molecular formula is C17H13ClN2OS. The number of aromatic nitrogens is 1. The van der Waals surface area contributed by atoms with Crippen LogP contribution in [-0.2, 0) is 4.84 Å². The highest BCUT2D eigenvalue weighted by atomic mass is 35.5. The van der Waals surface area contributed by atoms with E-state index in [1.807, 2.05) is 36.5 Å². The van der Waals surface area contributed by atoms with Gasteiger partial charge in [-0.3, -0.25) is 0 Å². The Bertz CT molecular complexity index is 806. The van der Waals surface area contributed by atoms with Gasteiger partial charge in [-0.25, -0.2) is 0 Å². The van der Waals surface area contributed by atoms with E-state index in [1.165, 1.54) is 4.88 Å². The summed E-state index contributed by atoms with van der Waals surface area (Å²) in [6, 6.07) is 16.0. The highest BCUT2D eigenvalue weighted by molar-refractivity contribution is 7.13. The van der Waals surface area contributed by atoms with Crippen molar-refractivity contribution < 1.29 is 4.84 Å². The van der Waals surface area contributed by atoms with Crippen LogP contribution in [0.2, 0.25) is 5.02 Å². The normalized spacial score (nSPS) is 17.3. The van der Waals surface area contributed by atoms with E-state index in [9.17, 15) is 0 Å². The fourth-order valence-electron chi connectivity index (χ4n) is 2.60. The predicted molar refractivity (Wildman–Crippen MR) is 90.5 cm³/mol. The summed E-state index contributed by atoms with van der Waals surface area (Å²) in [6.45, 7) is 0. The maximum Gasteiger partial charge on any atom is 0.209 e. The lowest BCUT2D eigenvalue weighted by atomic mass is 10.1. The van der Waals surface area contributed by atoms with Gasteiger partial charge in [-0.1, -0.05) is 35.0 Å². The molecule has 3 aromatic rings. The lowest BCUT2D eigenvalue weighted by molar-refractivity contribution is 0.0338. The van der Waals surface area contributed by atoms with Crippen LogP contribution in [-0.4, -0.2) is 10.3 Å². The highest BCUT2D eigenvalue weighted by Crippen LogP contribution is 2.32. The Labute approximate surface area is 137 Å². The highest BCUT2D eigenvalue weighted by Gasteiger charge is 2.25. The number of halogens is 1. The lowest BCUT2D eigenvalue weighted by Crippen LogP contribution is -2.09. The minimum Gasteiger partial charge on any atom is -0.369 e. The van der Waals surface area contributed by atoms with Gasteiger partial charge in [-0.05, 0) is 41.3 Å². The quantitative estimate of drug-likeness (QED) is 0.649. The molecule has 0 fully saturated rings. The first kappa shape index (κ1) is 13.6. The molecule has 0 saturated carbocycles. The molecule has 3 nitrogen and oxygen atoms in total. The van der Waals surface area contributed by atoms with Crippen molar-refractivity contribution in [3.05, 3.63) is 70.7 Å². The Morgan fingerprint density at radius 3 is 2.77 bits per heavy atom. The molecule has 1 unspecified atom stereocenters. The summed E-state index contributed by atoms with van der Waals surface area (Å²) in [7, 11) is 0. The lowest BCUT2D eigenvalue weighted by Gasteiger charge is -2.13. The van der Waals surface area contributed by atoms with Crippen LogP contribution < -0.4 is 0 Å². The Morgan fingerprint density at radius 2 is 2.00 bits per heavy atom. The van der Waals surface area contributed by atoms with Crippen molar-refractivity contribution in [3.8, 4) is 10.6 Å². The van der Waals surface area contributed by atoms with Crippen molar-refractivity contribution in [1.82, 2.24) is 4.57 Å². The molecule has 5 heteroatoms. The zero-order valence-electron chi connectivity index (χ0n) is 11.6. The summed E-state index contributed by atoms with van der Waals surface area (Å²) < 4.78 is 2.14. The van der Waals surface area contributed by atoms with Gasteiger partial charge in [-0.15, -0.1) is 11.3 Å². The van der Waals surface area contributed by atoms with E-state index < -0.39 is 0 Å². The Hall–Kier alpha value is -2.04. The standard InChI is InChI=1S/C17H13ClN2OS/c18-13-7-5-12(6-8-13)14-11-17(21-19-14)20-9-1-3-15(20)16-4-2-10-22-16/h1-10,17H,11H2. The molecule has 0 amide bonds. The first-order chi connectivity index (χ1) is 10.8. The maximum atomic E-state index is 5.93. The third-order valence-electron chi connectivity index (χ3n) is 3.69. The molecule has 0 spiro atoms. The second kappa shape index (κ2) is 5.63. The number of nitrogens with zero attached hydrogens (tertiary/aromatic N) is 2. The molecule has 1 aliphatic rings. The minimum absolute atomic E-state index is 0.0993. The molecule has 1 aliphatic heterocycles. The number of oxime groups is 1. The fraction of sp³-hybridized carbons (Fsp3) is 0.118. The summed E-state index contributed by atoms with van der Waals surface area (Å²) in [5, 5.41) is 7.06. The zero-order chi connectivity index (χ0) is 14.9. The van der Waals surface area contributed by atoms with Gasteiger partial charge in [0, 0.05) is 11.2 Å². The zero-order valence-corrected chi connectivity index (χ0v) is 13.2. The molecule has 1 aromatic carbocycles. The van der Waals surface area contributed by atoms with Crippen molar-refractivity contribution in [3.63, 3.8) is 0 Å². The van der Waals surface area contributed by atoms with E-state index in [2.05, 4.69) is 33.3 Å². The van der Waals surface area contributed by atoms with Crippen LogP contribution in [0.4, 0.5) is 0 Å². The summed E-state index contributed by atoms with van der Waals surface area (Å²) in [6.07, 6.45) is 2.69. The smallest absolute Gasteiger partial charge is 0.209 e. The van der Waals surface area contributed by atoms with Crippen LogP contribution in [0.25, 0.3) is 10.6 Å². The van der Waals surface area contributed by atoms with E-state index in [1.54, 1.807) is 11.3 Å². The first-order valence-electron chi connectivity index (χ1n) is 7.00. The average Bonchev–Trinajstić information content (AvgIpc) is 3.27. The van der Waals surface area contributed by atoms with E-state index >= 15 is 0 Å². The molecule has 4 rings (SSSR count). The van der Waals surface area contributed by atoms with Gasteiger partial charge in [-0.2, -0.15) is 0 Å². The molecule has 0 N–H and O–H groups in total. The number of rotatable bonds is 3. The third kappa shape index (κ3) is 2.45. The molecule has 0 bridgehead atoms. The van der Waals surface area contributed by atoms with Gasteiger partial charge in [0.1, 0.15) is 0 Å². The number of benzene rings is 1.